The van der Waals surface area contributed by atoms with Crippen LogP contribution in [0.4, 0.5) is 22.0 Å². The Hall–Kier alpha value is -4.88. The zero-order chi connectivity index (χ0) is 43.1. The van der Waals surface area contributed by atoms with E-state index in [1.165, 1.54) is 4.90 Å². The van der Waals surface area contributed by atoms with Crippen molar-refractivity contribution in [1.82, 2.24) is 20.1 Å². The summed E-state index contributed by atoms with van der Waals surface area (Å²) in [6.45, 7) is 5.47. The normalized spacial score (nSPS) is 13.0. The van der Waals surface area contributed by atoms with Gasteiger partial charge in [0, 0.05) is 42.7 Å². The molecular formula is C38H47BrF5N5O8. The zero-order valence-electron chi connectivity index (χ0n) is 31.5. The Labute approximate surface area is 334 Å². The summed E-state index contributed by atoms with van der Waals surface area (Å²) in [4.78, 5) is 60.0. The van der Waals surface area contributed by atoms with Gasteiger partial charge in [0.1, 0.15) is 24.3 Å². The van der Waals surface area contributed by atoms with Crippen molar-refractivity contribution in [2.45, 2.75) is 77.3 Å². The molecule has 57 heavy (non-hydrogen) atoms. The number of benzene rings is 2. The van der Waals surface area contributed by atoms with E-state index in [4.69, 9.17) is 15.6 Å². The van der Waals surface area contributed by atoms with Crippen molar-refractivity contribution in [2.75, 3.05) is 25.0 Å². The van der Waals surface area contributed by atoms with Gasteiger partial charge in [-0.15, -0.1) is 0 Å². The molecule has 0 spiro atoms. The van der Waals surface area contributed by atoms with E-state index < -0.39 is 71.7 Å². The molecule has 0 saturated heterocycles. The van der Waals surface area contributed by atoms with E-state index in [9.17, 15) is 51.3 Å². The van der Waals surface area contributed by atoms with Crippen molar-refractivity contribution >= 4 is 45.6 Å². The largest absolute Gasteiger partial charge is 0.490 e. The Morgan fingerprint density at radius 1 is 0.947 bits per heavy atom. The average Bonchev–Trinajstić information content (AvgIpc) is 3.54. The molecule has 13 nitrogen and oxygen atoms in total. The first-order chi connectivity index (χ1) is 26.6. The summed E-state index contributed by atoms with van der Waals surface area (Å²) in [5.74, 6) is -6.77. The average molecular weight is 877 g/mol. The third-order valence-corrected chi connectivity index (χ3v) is 8.98. The maximum atomic E-state index is 15.0. The van der Waals surface area contributed by atoms with Crippen LogP contribution in [0.25, 0.3) is 11.1 Å². The van der Waals surface area contributed by atoms with Crippen LogP contribution in [0.1, 0.15) is 63.8 Å². The number of aromatic nitrogens is 1. The van der Waals surface area contributed by atoms with Gasteiger partial charge in [-0.2, -0.15) is 13.2 Å². The van der Waals surface area contributed by atoms with Crippen LogP contribution < -0.4 is 16.4 Å². The van der Waals surface area contributed by atoms with Crippen LogP contribution in [0.2, 0.25) is 0 Å². The van der Waals surface area contributed by atoms with Gasteiger partial charge in [0.2, 0.25) is 17.7 Å². The van der Waals surface area contributed by atoms with Gasteiger partial charge in [-0.05, 0) is 60.9 Å². The van der Waals surface area contributed by atoms with Crippen molar-refractivity contribution in [2.24, 2.45) is 11.1 Å². The number of carboxylic acid groups (broad SMARTS) is 2. The Kier molecular flexibility index (Phi) is 18.8. The summed E-state index contributed by atoms with van der Waals surface area (Å²) in [5.41, 5.74) is 7.48. The topological polar surface area (TPSA) is 204 Å². The highest BCUT2D eigenvalue weighted by atomic mass is 79.9. The first kappa shape index (κ1) is 48.3. The number of nitrogens with zero attached hydrogens (tertiary/aromatic N) is 2. The fourth-order valence-electron chi connectivity index (χ4n) is 5.79. The van der Waals surface area contributed by atoms with Crippen LogP contribution >= 0.6 is 15.9 Å². The van der Waals surface area contributed by atoms with Crippen molar-refractivity contribution < 1.29 is 61.2 Å². The van der Waals surface area contributed by atoms with Crippen molar-refractivity contribution in [3.8, 4) is 11.1 Å². The van der Waals surface area contributed by atoms with Crippen molar-refractivity contribution in [3.05, 3.63) is 83.7 Å². The minimum atomic E-state index is -5.08. The second-order valence-corrected chi connectivity index (χ2v) is 14.5. The number of amides is 3. The number of rotatable bonds is 18. The zero-order valence-corrected chi connectivity index (χ0v) is 33.1. The minimum absolute atomic E-state index is 0.0427. The highest BCUT2D eigenvalue weighted by Crippen LogP contribution is 2.41. The summed E-state index contributed by atoms with van der Waals surface area (Å²) < 4.78 is 62.9. The second-order valence-electron chi connectivity index (χ2n) is 14.0. The molecule has 1 heterocycles. The van der Waals surface area contributed by atoms with E-state index in [2.05, 4.69) is 26.6 Å². The second kappa shape index (κ2) is 22.2. The highest BCUT2D eigenvalue weighted by molar-refractivity contribution is 9.09. The molecule has 314 valence electrons. The predicted octanol–water partition coefficient (Wildman–Crippen LogP) is 4.99. The monoisotopic (exact) mass is 875 g/mol. The maximum Gasteiger partial charge on any atom is 0.490 e. The van der Waals surface area contributed by atoms with Crippen molar-refractivity contribution in [3.63, 3.8) is 0 Å². The molecule has 3 rings (SSSR count). The number of nitrogens with two attached hydrogens (primary N) is 1. The predicted molar refractivity (Wildman–Crippen MR) is 203 cm³/mol. The molecule has 0 fully saturated rings. The lowest BCUT2D eigenvalue weighted by Crippen LogP contribution is -2.50. The number of aliphatic hydroxyl groups is 1. The summed E-state index contributed by atoms with van der Waals surface area (Å²) in [7, 11) is 0. The molecule has 1 aromatic heterocycles. The van der Waals surface area contributed by atoms with Gasteiger partial charge >= 0.3 is 18.1 Å². The number of unbranched alkanes of at least 4 members (excludes halogenated alkanes) is 1. The van der Waals surface area contributed by atoms with Crippen LogP contribution in [0.3, 0.4) is 0 Å². The SMILES string of the molecule is CC(C)(C)C(c1cc(-c2cc(F)ccc2F)cn1Cc1ccccc1)N(CCC(N)C(=O)NC(CCCCNC(=O)CBr)C(=O)O)C(=O)CO.O=C(O)C(F)(F)F. The molecule has 0 saturated carbocycles. The number of aliphatic hydroxyl groups excluding tert-OH is 1. The Bertz CT molecular complexity index is 1820. The van der Waals surface area contributed by atoms with E-state index in [0.29, 0.717) is 37.2 Å². The van der Waals surface area contributed by atoms with Crippen LogP contribution in [0, 0.1) is 17.0 Å². The first-order valence-electron chi connectivity index (χ1n) is 17.6. The van der Waals surface area contributed by atoms with Crippen LogP contribution in [0.5, 0.6) is 0 Å². The number of carbonyl (C=O) groups is 5. The van der Waals surface area contributed by atoms with E-state index in [1.54, 1.807) is 12.3 Å². The lowest BCUT2D eigenvalue weighted by atomic mass is 9.82. The van der Waals surface area contributed by atoms with Gasteiger partial charge in [-0.1, -0.05) is 67.0 Å². The molecule has 0 radical (unpaired) electrons. The molecule has 0 bridgehead atoms. The Morgan fingerprint density at radius 3 is 2.12 bits per heavy atom. The third-order valence-electron chi connectivity index (χ3n) is 8.47. The molecule has 3 amide bonds. The van der Waals surface area contributed by atoms with Crippen LogP contribution in [0.15, 0.2) is 60.8 Å². The standard InChI is InChI=1S/C36H46BrF2N5O6.C2HF3O2/c1-36(2,3)33(30-17-24(26-18-25(38)12-13-27(26)39)21-43(30)20-23-9-5-4-6-10-23)44(32(47)22-45)16-14-28(40)34(48)42-29(35(49)50)11-7-8-15-41-31(46)19-37;3-2(4,5)1(6)7/h4-6,9-10,12-13,17-18,21,28-29,33,45H,7-8,11,14-16,19-20,22,40H2,1-3H3,(H,41,46)(H,42,48)(H,49,50);(H,6,7). The number of hydrogen-bond acceptors (Lipinski definition) is 7. The highest BCUT2D eigenvalue weighted by Gasteiger charge is 2.39. The van der Waals surface area contributed by atoms with E-state index in [0.717, 1.165) is 23.8 Å². The fraction of sp³-hybridized carbons (Fsp3) is 0.447. The van der Waals surface area contributed by atoms with Gasteiger partial charge in [0.15, 0.2) is 0 Å². The molecule has 7 N–H and O–H groups in total. The van der Waals surface area contributed by atoms with Gasteiger partial charge in [-0.3, -0.25) is 14.4 Å². The lowest BCUT2D eigenvalue weighted by molar-refractivity contribution is -0.192. The third kappa shape index (κ3) is 15.5. The Balaban J connectivity index is 0.00000146. The molecule has 2 aromatic carbocycles. The lowest BCUT2D eigenvalue weighted by Gasteiger charge is -2.41. The number of alkyl halides is 4. The van der Waals surface area contributed by atoms with Crippen molar-refractivity contribution in [1.29, 1.82) is 0 Å². The number of carboxylic acids is 2. The summed E-state index contributed by atoms with van der Waals surface area (Å²) in [6.07, 6.45) is -2.41. The molecule has 0 aliphatic heterocycles. The molecule has 0 aliphatic rings. The number of aliphatic carboxylic acids is 2. The number of halogens is 6. The van der Waals surface area contributed by atoms with Gasteiger partial charge in [-0.25, -0.2) is 18.4 Å². The van der Waals surface area contributed by atoms with E-state index in [-0.39, 0.29) is 36.2 Å². The van der Waals surface area contributed by atoms with Gasteiger partial charge in [0.05, 0.1) is 17.4 Å². The summed E-state index contributed by atoms with van der Waals surface area (Å²) >= 11 is 3.05. The van der Waals surface area contributed by atoms with E-state index in [1.807, 2.05) is 55.7 Å². The molecule has 3 unspecified atom stereocenters. The molecular weight excluding hydrogens is 829 g/mol. The minimum Gasteiger partial charge on any atom is -0.480 e. The van der Waals surface area contributed by atoms with Crippen LogP contribution in [-0.4, -0.2) is 97.7 Å². The number of nitrogens with one attached hydrogen (secondary N) is 2. The number of hydrogen-bond donors (Lipinski definition) is 6. The van der Waals surface area contributed by atoms with Gasteiger partial charge < -0.3 is 41.2 Å². The maximum absolute atomic E-state index is 15.0. The number of carbonyl (C=O) groups excluding carboxylic acids is 3. The fourth-order valence-corrected chi connectivity index (χ4v) is 5.99. The molecule has 3 atom stereocenters. The Morgan fingerprint density at radius 2 is 1.58 bits per heavy atom. The molecule has 0 aliphatic carbocycles. The molecule has 3 aromatic rings. The smallest absolute Gasteiger partial charge is 0.480 e. The summed E-state index contributed by atoms with van der Waals surface area (Å²) in [6, 6.07) is 11.2. The van der Waals surface area contributed by atoms with Gasteiger partial charge in [0.25, 0.3) is 0 Å². The first-order valence-corrected chi connectivity index (χ1v) is 18.7. The van der Waals surface area contributed by atoms with Crippen LogP contribution in [-0.2, 0) is 30.5 Å². The molecule has 19 heteroatoms. The van der Waals surface area contributed by atoms with E-state index >= 15 is 0 Å². The quantitative estimate of drug-likeness (QED) is 0.0578. The summed E-state index contributed by atoms with van der Waals surface area (Å²) in [5, 5.41) is 32.2.